The van der Waals surface area contributed by atoms with E-state index in [0.717, 1.165) is 28.4 Å². The topological polar surface area (TPSA) is 13.1 Å². The summed E-state index contributed by atoms with van der Waals surface area (Å²) in [5.74, 6) is 0. The second-order valence-corrected chi connectivity index (χ2v) is 14.2. The van der Waals surface area contributed by atoms with Gasteiger partial charge >= 0.3 is 0 Å². The Morgan fingerprint density at radius 3 is 1.62 bits per heavy atom. The molecule has 0 radical (unpaired) electrons. The average Bonchev–Trinajstić information content (AvgIpc) is 3.84. The third-order valence-corrected chi connectivity index (χ3v) is 11.1. The molecule has 0 amide bonds. The number of para-hydroxylation sites is 1. The highest BCUT2D eigenvalue weighted by Gasteiger charge is 2.22. The summed E-state index contributed by atoms with van der Waals surface area (Å²) < 4.78 is 4.82. The van der Waals surface area contributed by atoms with Crippen molar-refractivity contribution in [2.75, 3.05) is 4.90 Å². The van der Waals surface area contributed by atoms with Gasteiger partial charge in [-0.1, -0.05) is 140 Å². The predicted molar refractivity (Wildman–Crippen MR) is 233 cm³/mol. The molecule has 0 fully saturated rings. The summed E-state index contributed by atoms with van der Waals surface area (Å²) in [7, 11) is 0. The lowest BCUT2D eigenvalue weighted by Gasteiger charge is -2.26. The molecule has 0 aliphatic rings. The summed E-state index contributed by atoms with van der Waals surface area (Å²) >= 11 is 0. The number of aromatic nitrogens is 2. The van der Waals surface area contributed by atoms with Crippen LogP contribution in [-0.4, -0.2) is 9.13 Å². The molecule has 0 saturated carbocycles. The molecule has 0 spiro atoms. The second kappa shape index (κ2) is 12.6. The maximum atomic E-state index is 2.47. The zero-order chi connectivity index (χ0) is 36.3. The summed E-state index contributed by atoms with van der Waals surface area (Å²) in [5.41, 5.74) is 11.6. The molecule has 0 aliphatic carbocycles. The Labute approximate surface area is 319 Å². The van der Waals surface area contributed by atoms with E-state index < -0.39 is 0 Å². The molecule has 3 nitrogen and oxygen atoms in total. The van der Waals surface area contributed by atoms with E-state index in [1.165, 1.54) is 65.4 Å². The van der Waals surface area contributed by atoms with Gasteiger partial charge in [-0.2, -0.15) is 0 Å². The van der Waals surface area contributed by atoms with Crippen molar-refractivity contribution >= 4 is 71.3 Å². The Balaban J connectivity index is 1.12. The van der Waals surface area contributed by atoms with Crippen molar-refractivity contribution in [1.82, 2.24) is 9.13 Å². The summed E-state index contributed by atoms with van der Waals surface area (Å²) in [5, 5.41) is 8.73. The van der Waals surface area contributed by atoms with Gasteiger partial charge in [-0.25, -0.2) is 0 Å². The Kier molecular flexibility index (Phi) is 7.17. The van der Waals surface area contributed by atoms with Crippen molar-refractivity contribution in [1.29, 1.82) is 0 Å². The van der Waals surface area contributed by atoms with Crippen LogP contribution in [0.5, 0.6) is 0 Å². The summed E-state index contributed by atoms with van der Waals surface area (Å²) in [6.45, 7) is 0. The molecule has 2 aromatic heterocycles. The first kappa shape index (κ1) is 31.2. The second-order valence-electron chi connectivity index (χ2n) is 14.2. The van der Waals surface area contributed by atoms with E-state index in [0.29, 0.717) is 0 Å². The maximum absolute atomic E-state index is 2.47. The molecule has 0 N–H and O–H groups in total. The van der Waals surface area contributed by atoms with Crippen LogP contribution in [0, 0.1) is 0 Å². The molecule has 11 rings (SSSR count). The lowest BCUT2D eigenvalue weighted by atomic mass is 9.98. The first-order chi connectivity index (χ1) is 27.3. The van der Waals surface area contributed by atoms with Gasteiger partial charge in [-0.05, 0) is 105 Å². The van der Waals surface area contributed by atoms with Gasteiger partial charge in [0.2, 0.25) is 0 Å². The van der Waals surface area contributed by atoms with Crippen LogP contribution in [0.1, 0.15) is 0 Å². The minimum absolute atomic E-state index is 1.09. The van der Waals surface area contributed by atoms with E-state index in [2.05, 4.69) is 226 Å². The molecule has 0 bridgehead atoms. The molecular formula is C52H35N3. The van der Waals surface area contributed by atoms with Gasteiger partial charge in [0, 0.05) is 45.4 Å². The summed E-state index contributed by atoms with van der Waals surface area (Å²) in [4.78, 5) is 2.36. The van der Waals surface area contributed by atoms with Crippen LogP contribution < -0.4 is 4.90 Å². The molecule has 0 aliphatic heterocycles. The summed E-state index contributed by atoms with van der Waals surface area (Å²) in [6.07, 6.45) is 2.22. The SMILES string of the molecule is c1ccc(-c2ccc(N(c3ccc(-n4c5ccn(-c6ccccc6)c5c5c6ccccc6c6ccccc6c54)cc3)c3ccc4ccccc4c3)cc2)cc1. The molecule has 0 atom stereocenters. The van der Waals surface area contributed by atoms with Crippen molar-refractivity contribution < 1.29 is 0 Å². The minimum atomic E-state index is 1.09. The highest BCUT2D eigenvalue weighted by atomic mass is 15.1. The largest absolute Gasteiger partial charge is 0.314 e. The molecule has 11 aromatic rings. The first-order valence-corrected chi connectivity index (χ1v) is 18.9. The molecular weight excluding hydrogens is 667 g/mol. The quantitative estimate of drug-likeness (QED) is 0.157. The van der Waals surface area contributed by atoms with Crippen LogP contribution in [0.15, 0.2) is 212 Å². The first-order valence-electron chi connectivity index (χ1n) is 18.9. The zero-order valence-corrected chi connectivity index (χ0v) is 30.0. The van der Waals surface area contributed by atoms with Gasteiger partial charge in [0.15, 0.2) is 0 Å². The minimum Gasteiger partial charge on any atom is -0.314 e. The van der Waals surface area contributed by atoms with Gasteiger partial charge in [0.25, 0.3) is 0 Å². The maximum Gasteiger partial charge on any atom is 0.0798 e. The fraction of sp³-hybridized carbons (Fsp3) is 0. The van der Waals surface area contributed by atoms with E-state index in [1.807, 2.05) is 0 Å². The number of anilines is 3. The Morgan fingerprint density at radius 1 is 0.345 bits per heavy atom. The van der Waals surface area contributed by atoms with Gasteiger partial charge in [0.05, 0.1) is 16.6 Å². The predicted octanol–water partition coefficient (Wildman–Crippen LogP) is 14.2. The zero-order valence-electron chi connectivity index (χ0n) is 30.0. The standard InChI is InChI=1S/C52H35N3/c1-3-13-36(14-4-1)38-23-26-41(27-24-38)54(44-28-25-37-15-7-8-16-39(37)35-44)42-29-31-43(32-30-42)55-49-33-34-53(40-17-5-2-6-18-40)52(49)50-47-21-11-9-19-45(47)46-20-10-12-22-48(46)51(50)55/h1-35H. The van der Waals surface area contributed by atoms with Gasteiger partial charge in [0.1, 0.15) is 0 Å². The van der Waals surface area contributed by atoms with Crippen molar-refractivity contribution in [2.24, 2.45) is 0 Å². The van der Waals surface area contributed by atoms with Gasteiger partial charge < -0.3 is 14.0 Å². The number of hydrogen-bond donors (Lipinski definition) is 0. The monoisotopic (exact) mass is 701 g/mol. The Hall–Kier alpha value is -7.36. The number of hydrogen-bond acceptors (Lipinski definition) is 1. The lowest BCUT2D eigenvalue weighted by Crippen LogP contribution is -2.10. The van der Waals surface area contributed by atoms with E-state index in [-0.39, 0.29) is 0 Å². The normalized spacial score (nSPS) is 11.6. The molecule has 55 heavy (non-hydrogen) atoms. The molecule has 3 heteroatoms. The van der Waals surface area contributed by atoms with Crippen molar-refractivity contribution in [3.8, 4) is 22.5 Å². The molecule has 258 valence electrons. The van der Waals surface area contributed by atoms with E-state index in [1.54, 1.807) is 0 Å². The Bertz CT molecular complexity index is 3170. The number of nitrogens with zero attached hydrogens (tertiary/aromatic N) is 3. The lowest BCUT2D eigenvalue weighted by molar-refractivity contribution is 1.13. The van der Waals surface area contributed by atoms with Gasteiger partial charge in [-0.3, -0.25) is 0 Å². The number of fused-ring (bicyclic) bond motifs is 9. The summed E-state index contributed by atoms with van der Waals surface area (Å²) in [6, 6.07) is 74.6. The van der Waals surface area contributed by atoms with Crippen LogP contribution in [0.25, 0.3) is 76.8 Å². The van der Waals surface area contributed by atoms with Crippen molar-refractivity contribution in [3.63, 3.8) is 0 Å². The van der Waals surface area contributed by atoms with Crippen molar-refractivity contribution in [3.05, 3.63) is 212 Å². The molecule has 2 heterocycles. The highest BCUT2D eigenvalue weighted by molar-refractivity contribution is 6.31. The van der Waals surface area contributed by atoms with Crippen LogP contribution in [0.3, 0.4) is 0 Å². The number of benzene rings is 9. The third kappa shape index (κ3) is 5.05. The van der Waals surface area contributed by atoms with E-state index in [4.69, 9.17) is 0 Å². The van der Waals surface area contributed by atoms with Crippen LogP contribution in [-0.2, 0) is 0 Å². The average molecular weight is 702 g/mol. The van der Waals surface area contributed by atoms with E-state index >= 15 is 0 Å². The fourth-order valence-electron chi connectivity index (χ4n) is 8.59. The molecule has 9 aromatic carbocycles. The van der Waals surface area contributed by atoms with E-state index in [9.17, 15) is 0 Å². The molecule has 0 unspecified atom stereocenters. The highest BCUT2D eigenvalue weighted by Crippen LogP contribution is 2.44. The number of rotatable bonds is 6. The smallest absolute Gasteiger partial charge is 0.0798 e. The van der Waals surface area contributed by atoms with Gasteiger partial charge in [-0.15, -0.1) is 0 Å². The Morgan fingerprint density at radius 2 is 0.891 bits per heavy atom. The van der Waals surface area contributed by atoms with Crippen LogP contribution in [0.4, 0.5) is 17.1 Å². The van der Waals surface area contributed by atoms with Crippen LogP contribution in [0.2, 0.25) is 0 Å². The third-order valence-electron chi connectivity index (χ3n) is 11.1. The molecule has 0 saturated heterocycles. The van der Waals surface area contributed by atoms with Crippen molar-refractivity contribution in [2.45, 2.75) is 0 Å². The van der Waals surface area contributed by atoms with Crippen LogP contribution >= 0.6 is 0 Å². The fourth-order valence-corrected chi connectivity index (χ4v) is 8.59.